The van der Waals surface area contributed by atoms with Gasteiger partial charge >= 0.3 is 0 Å². The van der Waals surface area contributed by atoms with Gasteiger partial charge in [0.05, 0.1) is 11.8 Å². The molecule has 3 heteroatoms. The van der Waals surface area contributed by atoms with Gasteiger partial charge in [-0.05, 0) is 59.3 Å². The highest BCUT2D eigenvalue weighted by Crippen LogP contribution is 2.33. The minimum absolute atomic E-state index is 0.629. The van der Waals surface area contributed by atoms with Crippen molar-refractivity contribution in [3.8, 4) is 11.3 Å². The normalized spacial score (nSPS) is 15.4. The van der Waals surface area contributed by atoms with E-state index in [1.807, 2.05) is 24.0 Å². The standard InChI is InChI=1S/C22H24N3/c1-16-19-10-6-5-9-18(19)11-12-20(16)22-21(13-14-24-25(22)2)23-15-17-7-3-4-8-17/h5-6,9-15,17H,3-4,7-8H2,1-2H3/q+1. The molecule has 0 aliphatic heterocycles. The van der Waals surface area contributed by atoms with Crippen LogP contribution in [0, 0.1) is 12.8 Å². The van der Waals surface area contributed by atoms with Gasteiger partial charge in [0.25, 0.3) is 5.69 Å². The number of rotatable bonds is 3. The van der Waals surface area contributed by atoms with E-state index in [-0.39, 0.29) is 0 Å². The average molecular weight is 330 g/mol. The van der Waals surface area contributed by atoms with Crippen molar-refractivity contribution in [1.82, 2.24) is 5.10 Å². The molecule has 0 unspecified atom stereocenters. The summed E-state index contributed by atoms with van der Waals surface area (Å²) < 4.78 is 1.94. The maximum atomic E-state index is 4.86. The number of benzene rings is 2. The van der Waals surface area contributed by atoms with E-state index in [0.29, 0.717) is 5.92 Å². The number of aryl methyl sites for hydroxylation is 2. The van der Waals surface area contributed by atoms with Gasteiger partial charge < -0.3 is 0 Å². The zero-order valence-electron chi connectivity index (χ0n) is 14.9. The van der Waals surface area contributed by atoms with E-state index in [4.69, 9.17) is 4.99 Å². The Morgan fingerprint density at radius 3 is 2.72 bits per heavy atom. The molecule has 1 fully saturated rings. The summed E-state index contributed by atoms with van der Waals surface area (Å²) >= 11 is 0. The first kappa shape index (κ1) is 15.9. The largest absolute Gasteiger partial charge is 0.264 e. The molecule has 0 amide bonds. The molecule has 0 atom stereocenters. The van der Waals surface area contributed by atoms with Crippen LogP contribution in [-0.4, -0.2) is 11.3 Å². The van der Waals surface area contributed by atoms with E-state index in [1.165, 1.54) is 47.6 Å². The van der Waals surface area contributed by atoms with Crippen LogP contribution < -0.4 is 4.68 Å². The van der Waals surface area contributed by atoms with Gasteiger partial charge in [0.15, 0.2) is 7.05 Å². The molecule has 1 aromatic heterocycles. The zero-order valence-corrected chi connectivity index (χ0v) is 14.9. The lowest BCUT2D eigenvalue weighted by molar-refractivity contribution is -0.719. The third-order valence-electron chi connectivity index (χ3n) is 5.32. The molecular formula is C22H24N3+. The molecule has 0 bridgehead atoms. The lowest BCUT2D eigenvalue weighted by Gasteiger charge is -2.09. The van der Waals surface area contributed by atoms with E-state index in [9.17, 15) is 0 Å². The SMILES string of the molecule is Cc1c(-c2c(N=CC3CCCC3)ccn[n+]2C)ccc2ccccc12. The molecule has 1 aliphatic rings. The Bertz CT molecular complexity index is 937. The fourth-order valence-corrected chi connectivity index (χ4v) is 3.90. The fourth-order valence-electron chi connectivity index (χ4n) is 3.90. The van der Waals surface area contributed by atoms with Crippen LogP contribution in [0.1, 0.15) is 31.2 Å². The van der Waals surface area contributed by atoms with E-state index in [2.05, 4.69) is 54.6 Å². The predicted octanol–water partition coefficient (Wildman–Crippen LogP) is 4.93. The Morgan fingerprint density at radius 2 is 1.88 bits per heavy atom. The molecule has 0 radical (unpaired) electrons. The summed E-state index contributed by atoms with van der Waals surface area (Å²) in [5.74, 6) is 0.629. The van der Waals surface area contributed by atoms with Gasteiger partial charge in [-0.25, -0.2) is 0 Å². The molecule has 0 spiro atoms. The Labute approximate surface area is 149 Å². The first-order valence-corrected chi connectivity index (χ1v) is 9.12. The van der Waals surface area contributed by atoms with Crippen molar-refractivity contribution in [2.24, 2.45) is 18.0 Å². The van der Waals surface area contributed by atoms with Crippen LogP contribution in [-0.2, 0) is 7.05 Å². The van der Waals surface area contributed by atoms with Crippen molar-refractivity contribution in [2.75, 3.05) is 0 Å². The number of hydrogen-bond donors (Lipinski definition) is 0. The average Bonchev–Trinajstić information content (AvgIpc) is 3.15. The molecule has 2 aromatic carbocycles. The molecule has 0 N–H and O–H groups in total. The molecule has 0 saturated heterocycles. The molecular weight excluding hydrogens is 306 g/mol. The molecule has 25 heavy (non-hydrogen) atoms. The summed E-state index contributed by atoms with van der Waals surface area (Å²) in [6.45, 7) is 2.19. The first-order valence-electron chi connectivity index (χ1n) is 9.12. The van der Waals surface area contributed by atoms with E-state index in [0.717, 1.165) is 11.4 Å². The van der Waals surface area contributed by atoms with Crippen molar-refractivity contribution in [1.29, 1.82) is 0 Å². The van der Waals surface area contributed by atoms with Crippen molar-refractivity contribution in [3.05, 3.63) is 54.2 Å². The monoisotopic (exact) mass is 330 g/mol. The molecule has 1 heterocycles. The maximum absolute atomic E-state index is 4.86. The highest BCUT2D eigenvalue weighted by atomic mass is 15.2. The minimum Gasteiger partial charge on any atom is -0.254 e. The van der Waals surface area contributed by atoms with Crippen molar-refractivity contribution in [3.63, 3.8) is 0 Å². The Hall–Kier alpha value is -2.55. The summed E-state index contributed by atoms with van der Waals surface area (Å²) in [5.41, 5.74) is 4.56. The number of aliphatic imine (C=N–C) groups is 1. The number of aromatic nitrogens is 2. The topological polar surface area (TPSA) is 29.1 Å². The third kappa shape index (κ3) is 3.07. The van der Waals surface area contributed by atoms with Crippen molar-refractivity contribution in [2.45, 2.75) is 32.6 Å². The van der Waals surface area contributed by atoms with Gasteiger partial charge in [-0.2, -0.15) is 0 Å². The van der Waals surface area contributed by atoms with Gasteiger partial charge in [-0.3, -0.25) is 4.99 Å². The lowest BCUT2D eigenvalue weighted by Crippen LogP contribution is -2.35. The van der Waals surface area contributed by atoms with E-state index >= 15 is 0 Å². The summed E-state index contributed by atoms with van der Waals surface area (Å²) in [5, 5.41) is 7.02. The van der Waals surface area contributed by atoms with Gasteiger partial charge in [-0.15, -0.1) is 0 Å². The van der Waals surface area contributed by atoms with Crippen molar-refractivity contribution >= 4 is 22.7 Å². The van der Waals surface area contributed by atoms with Gasteiger partial charge in [-0.1, -0.05) is 47.9 Å². The first-order chi connectivity index (χ1) is 12.2. The number of hydrogen-bond acceptors (Lipinski definition) is 2. The summed E-state index contributed by atoms with van der Waals surface area (Å²) in [7, 11) is 2.00. The minimum atomic E-state index is 0.629. The highest BCUT2D eigenvalue weighted by molar-refractivity contribution is 5.92. The molecule has 1 aliphatic carbocycles. The van der Waals surface area contributed by atoms with E-state index in [1.54, 1.807) is 0 Å². The third-order valence-corrected chi connectivity index (χ3v) is 5.32. The van der Waals surface area contributed by atoms with Crippen LogP contribution in [0.15, 0.2) is 53.7 Å². The van der Waals surface area contributed by atoms with Crippen LogP contribution in [0.25, 0.3) is 22.0 Å². The second kappa shape index (κ2) is 6.75. The smallest absolute Gasteiger partial charge is 0.254 e. The van der Waals surface area contributed by atoms with Crippen LogP contribution in [0.4, 0.5) is 5.69 Å². The highest BCUT2D eigenvalue weighted by Gasteiger charge is 2.20. The zero-order chi connectivity index (χ0) is 17.2. The fraction of sp³-hybridized carbons (Fsp3) is 0.318. The van der Waals surface area contributed by atoms with Crippen LogP contribution in [0.5, 0.6) is 0 Å². The van der Waals surface area contributed by atoms with E-state index < -0.39 is 0 Å². The molecule has 4 rings (SSSR count). The van der Waals surface area contributed by atoms with Crippen LogP contribution in [0.2, 0.25) is 0 Å². The molecule has 3 nitrogen and oxygen atoms in total. The second-order valence-electron chi connectivity index (χ2n) is 6.97. The van der Waals surface area contributed by atoms with Gasteiger partial charge in [0.2, 0.25) is 0 Å². The van der Waals surface area contributed by atoms with Gasteiger partial charge in [0, 0.05) is 6.21 Å². The second-order valence-corrected chi connectivity index (χ2v) is 6.97. The number of fused-ring (bicyclic) bond motifs is 1. The Kier molecular flexibility index (Phi) is 4.31. The maximum Gasteiger partial charge on any atom is 0.264 e. The molecule has 1 saturated carbocycles. The lowest BCUT2D eigenvalue weighted by atomic mass is 9.97. The summed E-state index contributed by atoms with van der Waals surface area (Å²) in [6.07, 6.45) is 9.19. The quantitative estimate of drug-likeness (QED) is 0.494. The number of nitrogens with zero attached hydrogens (tertiary/aromatic N) is 3. The van der Waals surface area contributed by atoms with Crippen LogP contribution in [0.3, 0.4) is 0 Å². The summed E-state index contributed by atoms with van der Waals surface area (Å²) in [6, 6.07) is 14.9. The molecule has 3 aromatic rings. The molecule has 126 valence electrons. The predicted molar refractivity (Wildman–Crippen MR) is 103 cm³/mol. The van der Waals surface area contributed by atoms with Crippen LogP contribution >= 0.6 is 0 Å². The van der Waals surface area contributed by atoms with Gasteiger partial charge in [0.1, 0.15) is 5.69 Å². The Balaban J connectivity index is 1.83. The summed E-state index contributed by atoms with van der Waals surface area (Å²) in [4.78, 5) is 4.86. The Morgan fingerprint density at radius 1 is 1.08 bits per heavy atom. The van der Waals surface area contributed by atoms with Crippen molar-refractivity contribution < 1.29 is 4.68 Å².